The number of para-hydroxylation sites is 1. The second kappa shape index (κ2) is 20.7. The lowest BCUT2D eigenvalue weighted by Gasteiger charge is -2.47. The van der Waals surface area contributed by atoms with Crippen LogP contribution < -0.4 is 15.4 Å². The van der Waals surface area contributed by atoms with Gasteiger partial charge in [0.2, 0.25) is 5.91 Å². The number of piperidine rings is 1. The van der Waals surface area contributed by atoms with Gasteiger partial charge in [-0.3, -0.25) is 19.3 Å². The molecule has 0 atom stereocenters. The summed E-state index contributed by atoms with van der Waals surface area (Å²) in [5, 5.41) is 9.14. The van der Waals surface area contributed by atoms with E-state index in [-0.39, 0.29) is 49.1 Å². The average molecular weight is 841 g/mol. The van der Waals surface area contributed by atoms with Crippen molar-refractivity contribution in [3.05, 3.63) is 111 Å². The number of nitrogens with one attached hydrogen (secondary N) is 2. The minimum Gasteiger partial charge on any atom is -0.481 e. The van der Waals surface area contributed by atoms with Crippen molar-refractivity contribution in [2.45, 2.75) is 70.6 Å². The number of carbonyl (C=O) groups excluding carboxylic acids is 3. The number of nitrogens with zero attached hydrogens (tertiary/aromatic N) is 4. The molecule has 2 fully saturated rings. The minimum absolute atomic E-state index is 0.00366. The van der Waals surface area contributed by atoms with Gasteiger partial charge in [0.1, 0.15) is 17.3 Å². The van der Waals surface area contributed by atoms with E-state index in [4.69, 9.17) is 14.2 Å². The molecule has 1 spiro atoms. The lowest BCUT2D eigenvalue weighted by atomic mass is 9.89. The topological polar surface area (TPSA) is 126 Å². The van der Waals surface area contributed by atoms with Crippen LogP contribution >= 0.6 is 11.3 Å². The van der Waals surface area contributed by atoms with Crippen LogP contribution in [-0.2, 0) is 45.0 Å². The second-order valence-corrected chi connectivity index (χ2v) is 17.1. The maximum Gasteiger partial charge on any atom is 0.273 e. The Balaban J connectivity index is 0.833. The zero-order valence-electron chi connectivity index (χ0n) is 34.8. The van der Waals surface area contributed by atoms with Gasteiger partial charge in [0.15, 0.2) is 6.61 Å². The molecule has 0 bridgehead atoms. The number of fused-ring (bicyclic) bond motifs is 1. The molecule has 2 N–H and O–H groups in total. The highest BCUT2D eigenvalue weighted by atomic mass is 32.1. The predicted molar refractivity (Wildman–Crippen MR) is 230 cm³/mol. The molecule has 3 aliphatic heterocycles. The summed E-state index contributed by atoms with van der Waals surface area (Å²) in [7, 11) is 0. The van der Waals surface area contributed by atoms with Crippen LogP contribution in [0.25, 0.3) is 0 Å². The molecule has 0 saturated carbocycles. The van der Waals surface area contributed by atoms with Crippen LogP contribution in [0.15, 0.2) is 72.1 Å². The Kier molecular flexibility index (Phi) is 15.0. The summed E-state index contributed by atoms with van der Waals surface area (Å²) in [4.78, 5) is 49.0. The predicted octanol–water partition coefficient (Wildman–Crippen LogP) is 6.05. The third kappa shape index (κ3) is 11.3. The Labute approximate surface area is 356 Å². The molecule has 7 rings (SSSR count). The van der Waals surface area contributed by atoms with Gasteiger partial charge in [0, 0.05) is 62.7 Å². The van der Waals surface area contributed by atoms with E-state index >= 15 is 4.39 Å². The number of amides is 3. The number of anilines is 1. The van der Waals surface area contributed by atoms with Gasteiger partial charge >= 0.3 is 0 Å². The summed E-state index contributed by atoms with van der Waals surface area (Å²) in [6.45, 7) is 10.7. The number of halogens is 1. The first-order chi connectivity index (χ1) is 29.2. The molecule has 12 nitrogen and oxygen atoms in total. The van der Waals surface area contributed by atoms with Gasteiger partial charge in [0.25, 0.3) is 11.8 Å². The van der Waals surface area contributed by atoms with E-state index in [0.717, 1.165) is 48.5 Å². The van der Waals surface area contributed by atoms with Crippen molar-refractivity contribution < 1.29 is 33.0 Å². The van der Waals surface area contributed by atoms with Gasteiger partial charge in [-0.25, -0.2) is 9.37 Å². The number of hydrogen-bond acceptors (Lipinski definition) is 10. The molecular weight excluding hydrogens is 784 g/mol. The molecule has 0 unspecified atom stereocenters. The summed E-state index contributed by atoms with van der Waals surface area (Å²) in [5.74, 6) is 0.605. The molecule has 4 aromatic rings. The molecule has 3 amide bonds. The molecule has 3 aliphatic rings. The van der Waals surface area contributed by atoms with Crippen molar-refractivity contribution in [1.82, 2.24) is 25.0 Å². The average Bonchev–Trinajstić information content (AvgIpc) is 3.76. The first-order valence-corrected chi connectivity index (χ1v) is 22.1. The molecule has 14 heteroatoms. The van der Waals surface area contributed by atoms with Gasteiger partial charge < -0.3 is 34.6 Å². The first-order valence-electron chi connectivity index (χ1n) is 21.2. The van der Waals surface area contributed by atoms with E-state index in [2.05, 4.69) is 34.4 Å². The Morgan fingerprint density at radius 3 is 2.57 bits per heavy atom. The fraction of sp³-hybridized carbons (Fsp3) is 0.478. The molecule has 3 aromatic carbocycles. The summed E-state index contributed by atoms with van der Waals surface area (Å²) in [5.41, 5.74) is 4.14. The van der Waals surface area contributed by atoms with Crippen LogP contribution in [-0.4, -0.2) is 115 Å². The number of likely N-dealkylation sites (tertiary alicyclic amines) is 1. The fourth-order valence-corrected chi connectivity index (χ4v) is 8.88. The van der Waals surface area contributed by atoms with E-state index in [1.165, 1.54) is 11.3 Å². The van der Waals surface area contributed by atoms with E-state index in [9.17, 15) is 14.4 Å². The van der Waals surface area contributed by atoms with E-state index in [1.807, 2.05) is 75.8 Å². The van der Waals surface area contributed by atoms with Crippen molar-refractivity contribution in [1.29, 1.82) is 0 Å². The normalized spacial score (nSPS) is 16.4. The van der Waals surface area contributed by atoms with E-state index < -0.39 is 5.60 Å². The van der Waals surface area contributed by atoms with Crippen molar-refractivity contribution in [2.24, 2.45) is 0 Å². The highest BCUT2D eigenvalue weighted by molar-refractivity contribution is 7.09. The maximum atomic E-state index is 15.8. The van der Waals surface area contributed by atoms with Crippen LogP contribution in [0.3, 0.4) is 0 Å². The Bertz CT molecular complexity index is 2070. The second-order valence-electron chi connectivity index (χ2n) is 16.2. The molecule has 1 aromatic heterocycles. The summed E-state index contributed by atoms with van der Waals surface area (Å²) in [6, 6.07) is 21.2. The lowest BCUT2D eigenvalue weighted by molar-refractivity contribution is -0.133. The van der Waals surface area contributed by atoms with Gasteiger partial charge in [-0.1, -0.05) is 74.5 Å². The monoisotopic (exact) mass is 840 g/mol. The van der Waals surface area contributed by atoms with Gasteiger partial charge in [-0.05, 0) is 55.0 Å². The van der Waals surface area contributed by atoms with Crippen molar-refractivity contribution >= 4 is 34.7 Å². The number of benzene rings is 3. The number of ether oxygens (including phenoxy) is 3. The molecule has 320 valence electrons. The van der Waals surface area contributed by atoms with E-state index in [0.29, 0.717) is 93.7 Å². The number of aromatic nitrogens is 1. The molecule has 2 saturated heterocycles. The standard InChI is InChI=1S/C46H57FN6O6S/c1-33(2)44-50-39(31-60-44)45(56)53-24-27-59-46(32-53)17-21-51(22-18-46)29-37-12-6-10-35(42(37)47)15-25-57-26-16-41(55)52(28-34-8-4-3-5-9-34)23-20-48-19-14-36-11-7-13-38-43(36)58-30-40(54)49-38/h3-13,31,33,48H,14-30,32H2,1-2H3,(H,49,54). The van der Waals surface area contributed by atoms with Crippen LogP contribution in [0.1, 0.15) is 76.8 Å². The Hall–Kier alpha value is -4.73. The number of hydrogen-bond donors (Lipinski definition) is 2. The highest BCUT2D eigenvalue weighted by Gasteiger charge is 2.41. The van der Waals surface area contributed by atoms with Gasteiger partial charge in [-0.15, -0.1) is 11.3 Å². The van der Waals surface area contributed by atoms with E-state index in [1.54, 1.807) is 6.07 Å². The Morgan fingerprint density at radius 2 is 1.77 bits per heavy atom. The van der Waals surface area contributed by atoms with Crippen LogP contribution in [0.2, 0.25) is 0 Å². The zero-order valence-corrected chi connectivity index (χ0v) is 35.6. The third-order valence-electron chi connectivity index (χ3n) is 11.5. The summed E-state index contributed by atoms with van der Waals surface area (Å²) < 4.78 is 33.7. The number of thiazole rings is 1. The first kappa shape index (κ1) is 43.4. The van der Waals surface area contributed by atoms with Crippen molar-refractivity contribution in [2.75, 3.05) is 77.6 Å². The summed E-state index contributed by atoms with van der Waals surface area (Å²) >= 11 is 1.53. The zero-order chi connectivity index (χ0) is 41.9. The number of morpholine rings is 1. The highest BCUT2D eigenvalue weighted by Crippen LogP contribution is 2.33. The third-order valence-corrected chi connectivity index (χ3v) is 12.6. The quantitative estimate of drug-likeness (QED) is 0.115. The van der Waals surface area contributed by atoms with Gasteiger partial charge in [0.05, 0.1) is 49.1 Å². The molecule has 60 heavy (non-hydrogen) atoms. The molecule has 0 radical (unpaired) electrons. The largest absolute Gasteiger partial charge is 0.481 e. The maximum absolute atomic E-state index is 15.8. The molecular formula is C46H57FN6O6S. The van der Waals surface area contributed by atoms with Crippen molar-refractivity contribution in [3.63, 3.8) is 0 Å². The van der Waals surface area contributed by atoms with Gasteiger partial charge in [-0.2, -0.15) is 0 Å². The van der Waals surface area contributed by atoms with Crippen LogP contribution in [0, 0.1) is 5.82 Å². The fourth-order valence-electron chi connectivity index (χ4n) is 8.08. The minimum atomic E-state index is -0.391. The number of carbonyl (C=O) groups is 3. The lowest BCUT2D eigenvalue weighted by Crippen LogP contribution is -2.58. The smallest absolute Gasteiger partial charge is 0.273 e. The van der Waals surface area contributed by atoms with Crippen LogP contribution in [0.5, 0.6) is 5.75 Å². The number of rotatable bonds is 18. The molecule has 4 heterocycles. The SMILES string of the molecule is CC(C)c1nc(C(=O)N2CCOC3(CCN(Cc4cccc(CCOCCC(=O)N(CCNCCc5cccc6c5OCC(=O)N6)Cc5ccccc5)c4F)CC3)C2)cs1. The van der Waals surface area contributed by atoms with Crippen LogP contribution in [0.4, 0.5) is 10.1 Å². The Morgan fingerprint density at radius 1 is 0.983 bits per heavy atom. The summed E-state index contributed by atoms with van der Waals surface area (Å²) in [6.07, 6.45) is 2.89. The molecule has 0 aliphatic carbocycles. The van der Waals surface area contributed by atoms with Crippen molar-refractivity contribution in [3.8, 4) is 5.75 Å².